The number of aromatic amines is 1. The van der Waals surface area contributed by atoms with Crippen LogP contribution in [0.2, 0.25) is 0 Å². The summed E-state index contributed by atoms with van der Waals surface area (Å²) in [4.78, 5) is 50.8. The van der Waals surface area contributed by atoms with Crippen molar-refractivity contribution in [3.05, 3.63) is 63.1 Å². The number of carboxylic acids is 1. The lowest BCUT2D eigenvalue weighted by atomic mass is 9.75. The van der Waals surface area contributed by atoms with E-state index in [0.717, 1.165) is 5.56 Å². The number of aliphatic carboxylic acids is 1. The van der Waals surface area contributed by atoms with Crippen molar-refractivity contribution >= 4 is 23.3 Å². The molecule has 0 saturated carbocycles. The fourth-order valence-electron chi connectivity index (χ4n) is 3.45. The molecule has 1 aromatic carbocycles. The van der Waals surface area contributed by atoms with Crippen molar-refractivity contribution in [3.8, 4) is 0 Å². The Morgan fingerprint density at radius 1 is 1.18 bits per heavy atom. The average Bonchev–Trinajstić information content (AvgIpc) is 2.58. The number of Topliss-reactive ketones (excluding diaryl/α,β-unsaturated/α-hetero) is 1. The second-order valence-corrected chi connectivity index (χ2v) is 7.89. The number of hydrogen-bond acceptors (Lipinski definition) is 4. The molecule has 0 aliphatic heterocycles. The number of fused-ring (bicyclic) bond motifs is 1. The monoisotopic (exact) mass is 382 g/mol. The number of benzene rings is 1. The predicted octanol–water partition coefficient (Wildman–Crippen LogP) is 2.80. The topological polar surface area (TPSA) is 116 Å². The molecule has 0 bridgehead atoms. The number of carbonyl (C=O) groups is 3. The van der Waals surface area contributed by atoms with Crippen LogP contribution >= 0.6 is 0 Å². The summed E-state index contributed by atoms with van der Waals surface area (Å²) in [5.41, 5.74) is 1.28. The van der Waals surface area contributed by atoms with E-state index in [4.69, 9.17) is 5.11 Å². The molecule has 3 rings (SSSR count). The van der Waals surface area contributed by atoms with E-state index in [2.05, 4.69) is 10.3 Å². The molecule has 0 spiro atoms. The van der Waals surface area contributed by atoms with E-state index in [1.54, 1.807) is 24.3 Å². The minimum absolute atomic E-state index is 0.0135. The lowest BCUT2D eigenvalue weighted by Crippen LogP contribution is -2.32. The zero-order valence-electron chi connectivity index (χ0n) is 15.8. The number of rotatable bonds is 5. The first-order valence-corrected chi connectivity index (χ1v) is 9.06. The van der Waals surface area contributed by atoms with Gasteiger partial charge in [0.15, 0.2) is 5.78 Å². The van der Waals surface area contributed by atoms with Crippen molar-refractivity contribution in [1.29, 1.82) is 0 Å². The number of nitrogens with one attached hydrogen (secondary N) is 2. The summed E-state index contributed by atoms with van der Waals surface area (Å²) in [6.07, 6.45) is 1.25. The Labute approximate surface area is 161 Å². The van der Waals surface area contributed by atoms with E-state index in [1.165, 1.54) is 6.07 Å². The zero-order valence-corrected chi connectivity index (χ0v) is 15.8. The van der Waals surface area contributed by atoms with Crippen LogP contribution in [-0.4, -0.2) is 27.8 Å². The third-order valence-corrected chi connectivity index (χ3v) is 4.77. The highest BCUT2D eigenvalue weighted by molar-refractivity contribution is 6.06. The van der Waals surface area contributed by atoms with Crippen molar-refractivity contribution in [2.75, 3.05) is 5.32 Å². The molecule has 7 nitrogen and oxygen atoms in total. The molecule has 0 radical (unpaired) electrons. The molecule has 7 heteroatoms. The molecule has 0 atom stereocenters. The summed E-state index contributed by atoms with van der Waals surface area (Å²) in [5, 5.41) is 11.4. The Kier molecular flexibility index (Phi) is 5.18. The largest absolute Gasteiger partial charge is 0.481 e. The molecule has 0 saturated heterocycles. The first-order valence-electron chi connectivity index (χ1n) is 9.06. The molecule has 1 aliphatic carbocycles. The number of carboxylic acid groups (broad SMARTS) is 1. The van der Waals surface area contributed by atoms with Crippen LogP contribution in [0.15, 0.2) is 35.1 Å². The summed E-state index contributed by atoms with van der Waals surface area (Å²) in [6.45, 7) is 3.92. The minimum atomic E-state index is -0.900. The SMILES string of the molecule is CC1(C)CC(=O)c2cc(C(=O)Nc3cccc(CCC(=O)O)c3)c(=O)[nH]c2C1. The number of pyridine rings is 1. The van der Waals surface area contributed by atoms with Crippen LogP contribution in [0.25, 0.3) is 0 Å². The van der Waals surface area contributed by atoms with Crippen LogP contribution in [-0.2, 0) is 17.6 Å². The number of aromatic nitrogens is 1. The van der Waals surface area contributed by atoms with Crippen LogP contribution in [0.4, 0.5) is 5.69 Å². The highest BCUT2D eigenvalue weighted by Crippen LogP contribution is 2.33. The summed E-state index contributed by atoms with van der Waals surface area (Å²) < 4.78 is 0. The van der Waals surface area contributed by atoms with Crippen molar-refractivity contribution in [3.63, 3.8) is 0 Å². The third-order valence-electron chi connectivity index (χ3n) is 4.77. The first kappa shape index (κ1) is 19.5. The van der Waals surface area contributed by atoms with Gasteiger partial charge in [-0.1, -0.05) is 26.0 Å². The molecule has 1 aromatic heterocycles. The first-order chi connectivity index (χ1) is 13.1. The van der Waals surface area contributed by atoms with Crippen molar-refractivity contribution in [1.82, 2.24) is 4.98 Å². The number of hydrogen-bond donors (Lipinski definition) is 3. The van der Waals surface area contributed by atoms with E-state index in [9.17, 15) is 19.2 Å². The quantitative estimate of drug-likeness (QED) is 0.735. The Morgan fingerprint density at radius 2 is 1.93 bits per heavy atom. The van der Waals surface area contributed by atoms with E-state index < -0.39 is 17.4 Å². The van der Waals surface area contributed by atoms with E-state index in [1.807, 2.05) is 13.8 Å². The molecule has 3 N–H and O–H groups in total. The van der Waals surface area contributed by atoms with Crippen LogP contribution in [0.3, 0.4) is 0 Å². The van der Waals surface area contributed by atoms with Crippen LogP contribution in [0.1, 0.15) is 58.7 Å². The minimum Gasteiger partial charge on any atom is -0.481 e. The Bertz CT molecular complexity index is 1020. The predicted molar refractivity (Wildman–Crippen MR) is 104 cm³/mol. The molecule has 146 valence electrons. The standard InChI is InChI=1S/C21H22N2O5/c1-21(2)10-16-14(17(24)11-21)9-15(20(28)23-16)19(27)22-13-5-3-4-12(8-13)6-7-18(25)26/h3-5,8-9H,6-7,10-11H2,1-2H3,(H,22,27)(H,23,28)(H,25,26). The maximum atomic E-state index is 12.6. The number of ketones is 1. The average molecular weight is 382 g/mol. The highest BCUT2D eigenvalue weighted by atomic mass is 16.4. The molecular formula is C21H22N2O5. The van der Waals surface area contributed by atoms with Crippen molar-refractivity contribution < 1.29 is 19.5 Å². The molecular weight excluding hydrogens is 360 g/mol. The smallest absolute Gasteiger partial charge is 0.303 e. The van der Waals surface area contributed by atoms with Gasteiger partial charge in [0.2, 0.25) is 0 Å². The van der Waals surface area contributed by atoms with Gasteiger partial charge in [-0.05, 0) is 42.0 Å². The summed E-state index contributed by atoms with van der Waals surface area (Å²) in [5.74, 6) is -1.60. The lowest BCUT2D eigenvalue weighted by molar-refractivity contribution is -0.136. The molecule has 28 heavy (non-hydrogen) atoms. The van der Waals surface area contributed by atoms with Crippen LogP contribution in [0.5, 0.6) is 0 Å². The fraction of sp³-hybridized carbons (Fsp3) is 0.333. The number of aryl methyl sites for hydroxylation is 1. The lowest BCUT2D eigenvalue weighted by Gasteiger charge is -2.29. The van der Waals surface area contributed by atoms with Gasteiger partial charge in [0, 0.05) is 29.8 Å². The van der Waals surface area contributed by atoms with Gasteiger partial charge in [-0.3, -0.25) is 19.2 Å². The van der Waals surface area contributed by atoms with Crippen molar-refractivity contribution in [2.24, 2.45) is 5.41 Å². The van der Waals surface area contributed by atoms with Gasteiger partial charge >= 0.3 is 5.97 Å². The second kappa shape index (κ2) is 7.42. The van der Waals surface area contributed by atoms with Gasteiger partial charge in [0.1, 0.15) is 5.56 Å². The van der Waals surface area contributed by atoms with Gasteiger partial charge in [-0.2, -0.15) is 0 Å². The maximum absolute atomic E-state index is 12.6. The number of amides is 1. The number of anilines is 1. The number of carbonyl (C=O) groups excluding carboxylic acids is 2. The summed E-state index contributed by atoms with van der Waals surface area (Å²) >= 11 is 0. The second-order valence-electron chi connectivity index (χ2n) is 7.89. The van der Waals surface area contributed by atoms with E-state index in [-0.39, 0.29) is 23.2 Å². The summed E-state index contributed by atoms with van der Waals surface area (Å²) in [7, 11) is 0. The zero-order chi connectivity index (χ0) is 20.5. The Morgan fingerprint density at radius 3 is 2.64 bits per heavy atom. The normalized spacial score (nSPS) is 15.0. The molecule has 1 aliphatic rings. The molecule has 2 aromatic rings. The van der Waals surface area contributed by atoms with Gasteiger partial charge in [0.05, 0.1) is 0 Å². The highest BCUT2D eigenvalue weighted by Gasteiger charge is 2.32. The maximum Gasteiger partial charge on any atom is 0.303 e. The van der Waals surface area contributed by atoms with E-state index >= 15 is 0 Å². The van der Waals surface area contributed by atoms with Gasteiger partial charge in [0.25, 0.3) is 11.5 Å². The van der Waals surface area contributed by atoms with Gasteiger partial charge in [-0.15, -0.1) is 0 Å². The molecule has 0 unspecified atom stereocenters. The van der Waals surface area contributed by atoms with Gasteiger partial charge < -0.3 is 15.4 Å². The van der Waals surface area contributed by atoms with Crippen LogP contribution in [0, 0.1) is 5.41 Å². The van der Waals surface area contributed by atoms with Gasteiger partial charge in [-0.25, -0.2) is 0 Å². The molecule has 0 fully saturated rings. The Balaban J connectivity index is 1.83. The molecule has 1 amide bonds. The Hall–Kier alpha value is -3.22. The number of H-pyrrole nitrogens is 1. The van der Waals surface area contributed by atoms with E-state index in [0.29, 0.717) is 36.2 Å². The van der Waals surface area contributed by atoms with Crippen molar-refractivity contribution in [2.45, 2.75) is 39.5 Å². The fourth-order valence-corrected chi connectivity index (χ4v) is 3.45. The molecule has 1 heterocycles. The van der Waals surface area contributed by atoms with Crippen LogP contribution < -0.4 is 10.9 Å². The third kappa shape index (κ3) is 4.36. The summed E-state index contributed by atoms with van der Waals surface area (Å²) in [6, 6.07) is 8.17.